The maximum absolute atomic E-state index is 13.6. The number of ether oxygens (including phenoxy) is 1. The number of benzene rings is 1. The van der Waals surface area contributed by atoms with Crippen molar-refractivity contribution >= 4 is 51.7 Å². The zero-order valence-corrected chi connectivity index (χ0v) is 21.2. The lowest BCUT2D eigenvalue weighted by Gasteiger charge is -2.23. The predicted molar refractivity (Wildman–Crippen MR) is 144 cm³/mol. The Hall–Kier alpha value is -3.01. The average molecular weight is 507 g/mol. The van der Waals surface area contributed by atoms with Crippen LogP contribution >= 0.6 is 24.0 Å². The SMILES string of the molecule is Cc1cccn2c(=O)c(/C=C3\SC(=S)N([C@H](C)c4ccccc4)C3=O)c(NC[C@@H]3CCCO3)nc12. The van der Waals surface area contributed by atoms with Crippen LogP contribution < -0.4 is 10.9 Å². The number of aryl methyl sites for hydroxylation is 1. The molecule has 2 saturated heterocycles. The van der Waals surface area contributed by atoms with Gasteiger partial charge in [-0.15, -0.1) is 0 Å². The van der Waals surface area contributed by atoms with Crippen molar-refractivity contribution in [1.29, 1.82) is 0 Å². The number of nitrogens with one attached hydrogen (secondary N) is 1. The third-order valence-electron chi connectivity index (χ3n) is 6.37. The highest BCUT2D eigenvalue weighted by molar-refractivity contribution is 8.26. The van der Waals surface area contributed by atoms with Crippen molar-refractivity contribution in [2.45, 2.75) is 38.8 Å². The molecule has 0 unspecified atom stereocenters. The van der Waals surface area contributed by atoms with E-state index >= 15 is 0 Å². The summed E-state index contributed by atoms with van der Waals surface area (Å²) in [4.78, 5) is 33.8. The quantitative estimate of drug-likeness (QED) is 0.388. The molecular formula is C26H26N4O3S2. The molecule has 2 aromatic heterocycles. The molecular weight excluding hydrogens is 480 g/mol. The van der Waals surface area contributed by atoms with Crippen molar-refractivity contribution in [3.8, 4) is 0 Å². The van der Waals surface area contributed by atoms with Crippen LogP contribution in [0.2, 0.25) is 0 Å². The van der Waals surface area contributed by atoms with Crippen molar-refractivity contribution < 1.29 is 9.53 Å². The number of anilines is 1. The Labute approximate surface area is 213 Å². The van der Waals surface area contributed by atoms with Crippen molar-refractivity contribution in [2.75, 3.05) is 18.5 Å². The van der Waals surface area contributed by atoms with E-state index in [0.717, 1.165) is 30.6 Å². The highest BCUT2D eigenvalue weighted by Crippen LogP contribution is 2.38. The number of rotatable bonds is 6. The van der Waals surface area contributed by atoms with Gasteiger partial charge in [-0.25, -0.2) is 4.98 Å². The molecule has 1 N–H and O–H groups in total. The van der Waals surface area contributed by atoms with Crippen LogP contribution in [-0.4, -0.2) is 43.8 Å². The molecule has 0 spiro atoms. The molecule has 7 nitrogen and oxygen atoms in total. The Morgan fingerprint density at radius 2 is 2.06 bits per heavy atom. The van der Waals surface area contributed by atoms with Crippen molar-refractivity contribution in [3.63, 3.8) is 0 Å². The van der Waals surface area contributed by atoms with E-state index in [4.69, 9.17) is 21.9 Å². The third-order valence-corrected chi connectivity index (χ3v) is 7.70. The van der Waals surface area contributed by atoms with Gasteiger partial charge in [-0.05, 0) is 50.0 Å². The second-order valence-electron chi connectivity index (χ2n) is 8.72. The van der Waals surface area contributed by atoms with Crippen LogP contribution in [0.3, 0.4) is 0 Å². The van der Waals surface area contributed by atoms with Crippen LogP contribution in [0, 0.1) is 6.92 Å². The molecule has 2 atom stereocenters. The van der Waals surface area contributed by atoms with Gasteiger partial charge < -0.3 is 10.1 Å². The van der Waals surface area contributed by atoms with Gasteiger partial charge in [-0.3, -0.25) is 18.9 Å². The van der Waals surface area contributed by atoms with Crippen molar-refractivity contribution in [3.05, 3.63) is 80.6 Å². The predicted octanol–water partition coefficient (Wildman–Crippen LogP) is 4.56. The van der Waals surface area contributed by atoms with Gasteiger partial charge in [0.15, 0.2) is 0 Å². The lowest BCUT2D eigenvalue weighted by molar-refractivity contribution is -0.123. The Balaban J connectivity index is 1.54. The first-order chi connectivity index (χ1) is 16.9. The normalized spacial score (nSPS) is 20.2. The highest BCUT2D eigenvalue weighted by atomic mass is 32.2. The van der Waals surface area contributed by atoms with Crippen molar-refractivity contribution in [1.82, 2.24) is 14.3 Å². The molecule has 3 aromatic rings. The molecule has 2 fully saturated rings. The zero-order chi connectivity index (χ0) is 24.5. The minimum atomic E-state index is -0.241. The summed E-state index contributed by atoms with van der Waals surface area (Å²) in [7, 11) is 0. The molecule has 0 saturated carbocycles. The second-order valence-corrected chi connectivity index (χ2v) is 10.4. The molecule has 2 aliphatic heterocycles. The number of aromatic nitrogens is 2. The monoisotopic (exact) mass is 506 g/mol. The number of pyridine rings is 1. The van der Waals surface area contributed by atoms with E-state index in [9.17, 15) is 9.59 Å². The molecule has 35 heavy (non-hydrogen) atoms. The number of thioether (sulfide) groups is 1. The molecule has 0 aliphatic carbocycles. The summed E-state index contributed by atoms with van der Waals surface area (Å²) >= 11 is 6.78. The smallest absolute Gasteiger partial charge is 0.267 e. The first kappa shape index (κ1) is 23.7. The Bertz CT molecular complexity index is 1380. The van der Waals surface area contributed by atoms with Crippen LogP contribution in [0.15, 0.2) is 58.4 Å². The number of amides is 1. The fourth-order valence-electron chi connectivity index (χ4n) is 4.42. The summed E-state index contributed by atoms with van der Waals surface area (Å²) in [6.07, 6.45) is 5.38. The summed E-state index contributed by atoms with van der Waals surface area (Å²) in [5.41, 5.74) is 2.55. The minimum Gasteiger partial charge on any atom is -0.376 e. The molecule has 1 amide bonds. The molecule has 1 aromatic carbocycles. The number of nitrogens with zero attached hydrogens (tertiary/aromatic N) is 3. The van der Waals surface area contributed by atoms with Crippen LogP contribution in [-0.2, 0) is 9.53 Å². The summed E-state index contributed by atoms with van der Waals surface area (Å²) in [6, 6.07) is 13.3. The zero-order valence-electron chi connectivity index (χ0n) is 19.6. The first-order valence-corrected chi connectivity index (χ1v) is 12.9. The molecule has 180 valence electrons. The number of hydrogen-bond donors (Lipinski definition) is 1. The number of thiocarbonyl (C=S) groups is 1. The summed E-state index contributed by atoms with van der Waals surface area (Å²) in [6.45, 7) is 5.16. The molecule has 4 heterocycles. The highest BCUT2D eigenvalue weighted by Gasteiger charge is 2.36. The molecule has 5 rings (SSSR count). The number of hydrogen-bond acceptors (Lipinski definition) is 7. The van der Waals surface area contributed by atoms with Gasteiger partial charge in [-0.1, -0.05) is 60.4 Å². The van der Waals surface area contributed by atoms with E-state index in [-0.39, 0.29) is 23.6 Å². The van der Waals surface area contributed by atoms with Gasteiger partial charge in [-0.2, -0.15) is 0 Å². The second kappa shape index (κ2) is 9.93. The lowest BCUT2D eigenvalue weighted by Crippen LogP contribution is -2.31. The summed E-state index contributed by atoms with van der Waals surface area (Å²) < 4.78 is 7.72. The summed E-state index contributed by atoms with van der Waals surface area (Å²) in [5.74, 6) is 0.233. The fraction of sp³-hybridized carbons (Fsp3) is 0.308. The van der Waals surface area contributed by atoms with Gasteiger partial charge in [0.25, 0.3) is 11.5 Å². The van der Waals surface area contributed by atoms with Gasteiger partial charge in [0.2, 0.25) is 0 Å². The van der Waals surface area contributed by atoms with Crippen molar-refractivity contribution in [2.24, 2.45) is 0 Å². The average Bonchev–Trinajstić information content (AvgIpc) is 3.48. The van der Waals surface area contributed by atoms with Gasteiger partial charge >= 0.3 is 0 Å². The number of carbonyl (C=O) groups is 1. The fourth-order valence-corrected chi connectivity index (χ4v) is 5.82. The maximum Gasteiger partial charge on any atom is 0.267 e. The van der Waals surface area contributed by atoms with E-state index in [1.54, 1.807) is 17.2 Å². The largest absolute Gasteiger partial charge is 0.376 e. The molecule has 0 bridgehead atoms. The van der Waals surface area contributed by atoms with E-state index in [0.29, 0.717) is 32.8 Å². The van der Waals surface area contributed by atoms with E-state index in [1.807, 2.05) is 56.3 Å². The molecule has 9 heteroatoms. The van der Waals surface area contributed by atoms with Gasteiger partial charge in [0.05, 0.1) is 22.6 Å². The van der Waals surface area contributed by atoms with E-state index in [2.05, 4.69) is 5.32 Å². The standard InChI is InChI=1S/C26H26N4O3S2/c1-16-8-6-12-29-23(16)28-22(27-15-19-11-7-13-33-19)20(24(29)31)14-21-25(32)30(26(34)35-21)17(2)18-9-4-3-5-10-18/h3-6,8-10,12,14,17,19,27H,7,11,13,15H2,1-2H3/b21-14-/t17-,19+/m1/s1. The maximum atomic E-state index is 13.6. The van der Waals surface area contributed by atoms with Gasteiger partial charge in [0, 0.05) is 19.3 Å². The Morgan fingerprint density at radius 3 is 2.80 bits per heavy atom. The van der Waals surface area contributed by atoms with Crippen LogP contribution in [0.5, 0.6) is 0 Å². The topological polar surface area (TPSA) is 75.9 Å². The van der Waals surface area contributed by atoms with E-state index in [1.165, 1.54) is 16.2 Å². The summed E-state index contributed by atoms with van der Waals surface area (Å²) in [5, 5.41) is 3.31. The third kappa shape index (κ3) is 4.63. The van der Waals surface area contributed by atoms with E-state index < -0.39 is 0 Å². The molecule has 0 radical (unpaired) electrons. The number of carbonyl (C=O) groups excluding carboxylic acids is 1. The minimum absolute atomic E-state index is 0.0740. The van der Waals surface area contributed by atoms with Crippen LogP contribution in [0.4, 0.5) is 5.82 Å². The Kier molecular flexibility index (Phi) is 6.73. The van der Waals surface area contributed by atoms with Crippen LogP contribution in [0.25, 0.3) is 11.7 Å². The Morgan fingerprint density at radius 1 is 1.26 bits per heavy atom. The first-order valence-electron chi connectivity index (χ1n) is 11.6. The number of fused-ring (bicyclic) bond motifs is 1. The molecule has 2 aliphatic rings. The van der Waals surface area contributed by atoms with Crippen LogP contribution in [0.1, 0.15) is 42.5 Å². The van der Waals surface area contributed by atoms with Gasteiger partial charge in [0.1, 0.15) is 15.8 Å². The lowest BCUT2D eigenvalue weighted by atomic mass is 10.1.